The summed E-state index contributed by atoms with van der Waals surface area (Å²) in [7, 11) is 0. The molecule has 0 amide bonds. The molecule has 1 fully saturated rings. The zero-order valence-corrected chi connectivity index (χ0v) is 12.7. The van der Waals surface area contributed by atoms with Crippen molar-refractivity contribution >= 4 is 16.7 Å². The Bertz CT molecular complexity index is 677. The summed E-state index contributed by atoms with van der Waals surface area (Å²) in [4.78, 5) is 17.3. The first kappa shape index (κ1) is 14.9. The Morgan fingerprint density at radius 2 is 2.09 bits per heavy atom. The van der Waals surface area contributed by atoms with Crippen molar-refractivity contribution in [1.82, 2.24) is 14.5 Å². The highest BCUT2D eigenvalue weighted by molar-refractivity contribution is 5.79. The number of nitro benzene ring substituents is 1. The second-order valence-electron chi connectivity index (χ2n) is 5.63. The van der Waals surface area contributed by atoms with Crippen LogP contribution in [0.4, 0.5) is 5.69 Å². The summed E-state index contributed by atoms with van der Waals surface area (Å²) in [6.45, 7) is 7.29. The Hall–Kier alpha value is -1.99. The number of imidazole rings is 1. The van der Waals surface area contributed by atoms with Crippen LogP contribution in [0.5, 0.6) is 0 Å². The van der Waals surface area contributed by atoms with E-state index in [9.17, 15) is 10.1 Å². The molecule has 22 heavy (non-hydrogen) atoms. The number of morpholine rings is 1. The van der Waals surface area contributed by atoms with Crippen molar-refractivity contribution in [2.24, 2.45) is 0 Å². The second kappa shape index (κ2) is 6.41. The molecule has 1 saturated heterocycles. The van der Waals surface area contributed by atoms with Gasteiger partial charge in [-0.25, -0.2) is 4.98 Å². The first-order valence-corrected chi connectivity index (χ1v) is 7.55. The number of rotatable bonds is 5. The highest BCUT2D eigenvalue weighted by Gasteiger charge is 2.15. The third-order valence-corrected chi connectivity index (χ3v) is 4.11. The molecule has 7 heteroatoms. The van der Waals surface area contributed by atoms with Crippen LogP contribution in [0.25, 0.3) is 11.0 Å². The SMILES string of the molecule is Cc1cc2c(cc1[N+](=O)[O-])ncn2CCCN1CCOCC1. The molecular formula is C15H20N4O3. The summed E-state index contributed by atoms with van der Waals surface area (Å²) in [6, 6.07) is 3.42. The topological polar surface area (TPSA) is 73.4 Å². The van der Waals surface area contributed by atoms with Gasteiger partial charge < -0.3 is 9.30 Å². The monoisotopic (exact) mass is 304 g/mol. The van der Waals surface area contributed by atoms with Crippen molar-refractivity contribution in [2.75, 3.05) is 32.8 Å². The maximum atomic E-state index is 11.0. The van der Waals surface area contributed by atoms with Crippen LogP contribution in [0, 0.1) is 17.0 Å². The summed E-state index contributed by atoms with van der Waals surface area (Å²) in [5.41, 5.74) is 2.45. The number of nitrogens with zero attached hydrogens (tertiary/aromatic N) is 4. The number of benzene rings is 1. The number of aromatic nitrogens is 2. The van der Waals surface area contributed by atoms with Gasteiger partial charge >= 0.3 is 0 Å². The van der Waals surface area contributed by atoms with E-state index in [1.54, 1.807) is 19.3 Å². The minimum atomic E-state index is -0.355. The maximum absolute atomic E-state index is 11.0. The lowest BCUT2D eigenvalue weighted by Gasteiger charge is -2.26. The molecule has 7 nitrogen and oxygen atoms in total. The lowest BCUT2D eigenvalue weighted by molar-refractivity contribution is -0.385. The highest BCUT2D eigenvalue weighted by Crippen LogP contribution is 2.24. The number of hydrogen-bond acceptors (Lipinski definition) is 5. The van der Waals surface area contributed by atoms with E-state index in [0.717, 1.165) is 51.3 Å². The average molecular weight is 304 g/mol. The molecule has 0 bridgehead atoms. The summed E-state index contributed by atoms with van der Waals surface area (Å²) in [5, 5.41) is 11.0. The normalized spacial score (nSPS) is 16.2. The van der Waals surface area contributed by atoms with Crippen molar-refractivity contribution in [3.05, 3.63) is 34.1 Å². The molecule has 0 atom stereocenters. The predicted molar refractivity (Wildman–Crippen MR) is 83.0 cm³/mol. The van der Waals surface area contributed by atoms with E-state index in [2.05, 4.69) is 14.5 Å². The second-order valence-corrected chi connectivity index (χ2v) is 5.63. The Kier molecular flexibility index (Phi) is 4.35. The fourth-order valence-corrected chi connectivity index (χ4v) is 2.86. The van der Waals surface area contributed by atoms with Crippen LogP contribution in [-0.2, 0) is 11.3 Å². The van der Waals surface area contributed by atoms with Gasteiger partial charge in [-0.15, -0.1) is 0 Å². The summed E-state index contributed by atoms with van der Waals surface area (Å²) in [5.74, 6) is 0. The van der Waals surface area contributed by atoms with Crippen molar-refractivity contribution in [2.45, 2.75) is 19.9 Å². The third kappa shape index (κ3) is 3.10. The number of ether oxygens (including phenoxy) is 1. The molecule has 1 aliphatic heterocycles. The van der Waals surface area contributed by atoms with Crippen LogP contribution in [0.3, 0.4) is 0 Å². The molecule has 2 aromatic rings. The molecule has 0 unspecified atom stereocenters. The van der Waals surface area contributed by atoms with Crippen molar-refractivity contribution in [1.29, 1.82) is 0 Å². The molecule has 0 aliphatic carbocycles. The predicted octanol–water partition coefficient (Wildman–Crippen LogP) is 1.98. The fourth-order valence-electron chi connectivity index (χ4n) is 2.86. The van der Waals surface area contributed by atoms with Crippen LogP contribution in [0.2, 0.25) is 0 Å². The van der Waals surface area contributed by atoms with Crippen molar-refractivity contribution < 1.29 is 9.66 Å². The van der Waals surface area contributed by atoms with Crippen molar-refractivity contribution in [3.63, 3.8) is 0 Å². The molecule has 1 aromatic carbocycles. The summed E-state index contributed by atoms with van der Waals surface area (Å²) >= 11 is 0. The molecular weight excluding hydrogens is 284 g/mol. The largest absolute Gasteiger partial charge is 0.379 e. The van der Waals surface area contributed by atoms with E-state index in [1.165, 1.54) is 0 Å². The van der Waals surface area contributed by atoms with Crippen LogP contribution in [0.1, 0.15) is 12.0 Å². The van der Waals surface area contributed by atoms with Gasteiger partial charge in [0.05, 0.1) is 35.5 Å². The molecule has 0 radical (unpaired) electrons. The summed E-state index contributed by atoms with van der Waals surface area (Å²) < 4.78 is 7.42. The van der Waals surface area contributed by atoms with Crippen LogP contribution >= 0.6 is 0 Å². The van der Waals surface area contributed by atoms with E-state index >= 15 is 0 Å². The van der Waals surface area contributed by atoms with Gasteiger partial charge in [-0.3, -0.25) is 15.0 Å². The molecule has 118 valence electrons. The van der Waals surface area contributed by atoms with Gasteiger partial charge in [-0.1, -0.05) is 0 Å². The van der Waals surface area contributed by atoms with Crippen LogP contribution < -0.4 is 0 Å². The van der Waals surface area contributed by atoms with Crippen LogP contribution in [0.15, 0.2) is 18.5 Å². The minimum absolute atomic E-state index is 0.131. The van der Waals surface area contributed by atoms with Gasteiger partial charge in [-0.05, 0) is 19.4 Å². The molecule has 3 rings (SSSR count). The Morgan fingerprint density at radius 1 is 1.32 bits per heavy atom. The maximum Gasteiger partial charge on any atom is 0.274 e. The molecule has 0 saturated carbocycles. The number of hydrogen-bond donors (Lipinski definition) is 0. The smallest absolute Gasteiger partial charge is 0.274 e. The molecule has 1 aromatic heterocycles. The van der Waals surface area contributed by atoms with E-state index < -0.39 is 0 Å². The molecule has 0 spiro atoms. The van der Waals surface area contributed by atoms with Gasteiger partial charge in [0.15, 0.2) is 0 Å². The minimum Gasteiger partial charge on any atom is -0.379 e. The molecule has 1 aliphatic rings. The first-order valence-electron chi connectivity index (χ1n) is 7.55. The number of nitro groups is 1. The van der Waals surface area contributed by atoms with Gasteiger partial charge in [0.1, 0.15) is 0 Å². The van der Waals surface area contributed by atoms with Gasteiger partial charge in [0.25, 0.3) is 5.69 Å². The van der Waals surface area contributed by atoms with Gasteiger partial charge in [0, 0.05) is 37.8 Å². The average Bonchev–Trinajstić information content (AvgIpc) is 2.89. The van der Waals surface area contributed by atoms with E-state index in [1.807, 2.05) is 6.07 Å². The Labute approximate surface area is 128 Å². The standard InChI is InChI=1S/C15H20N4O3/c1-12-9-15-13(10-14(12)19(20)21)16-11-18(15)4-2-3-17-5-7-22-8-6-17/h9-11H,2-8H2,1H3. The van der Waals surface area contributed by atoms with Gasteiger partial charge in [0.2, 0.25) is 0 Å². The van der Waals surface area contributed by atoms with Crippen molar-refractivity contribution in [3.8, 4) is 0 Å². The fraction of sp³-hybridized carbons (Fsp3) is 0.533. The van der Waals surface area contributed by atoms with Crippen LogP contribution in [-0.4, -0.2) is 52.2 Å². The van der Waals surface area contributed by atoms with E-state index in [-0.39, 0.29) is 10.6 Å². The summed E-state index contributed by atoms with van der Waals surface area (Å²) in [6.07, 6.45) is 2.80. The van der Waals surface area contributed by atoms with E-state index in [4.69, 9.17) is 4.74 Å². The highest BCUT2D eigenvalue weighted by atomic mass is 16.6. The zero-order valence-electron chi connectivity index (χ0n) is 12.7. The Morgan fingerprint density at radius 3 is 2.82 bits per heavy atom. The number of fused-ring (bicyclic) bond motifs is 1. The quantitative estimate of drug-likeness (QED) is 0.624. The molecule has 2 heterocycles. The molecule has 0 N–H and O–H groups in total. The lowest BCUT2D eigenvalue weighted by atomic mass is 10.2. The number of aryl methyl sites for hydroxylation is 2. The lowest BCUT2D eigenvalue weighted by Crippen LogP contribution is -2.37. The first-order chi connectivity index (χ1) is 10.6. The Balaban J connectivity index is 1.69. The van der Waals surface area contributed by atoms with E-state index in [0.29, 0.717) is 11.1 Å². The third-order valence-electron chi connectivity index (χ3n) is 4.11. The zero-order chi connectivity index (χ0) is 15.5. The van der Waals surface area contributed by atoms with Gasteiger partial charge in [-0.2, -0.15) is 0 Å².